The third kappa shape index (κ3) is 4.13. The Morgan fingerprint density at radius 2 is 2.27 bits per heavy atom. The van der Waals surface area contributed by atoms with Gasteiger partial charge in [-0.1, -0.05) is 12.1 Å². The molecule has 0 aliphatic heterocycles. The molecule has 5 heteroatoms. The third-order valence-corrected chi connectivity index (χ3v) is 3.10. The molecule has 0 bridgehead atoms. The number of aromatic nitrogens is 2. The van der Waals surface area contributed by atoms with Gasteiger partial charge in [0.2, 0.25) is 0 Å². The van der Waals surface area contributed by atoms with Gasteiger partial charge in [-0.2, -0.15) is 5.10 Å². The van der Waals surface area contributed by atoms with Gasteiger partial charge in [0.25, 0.3) is 5.91 Å². The quantitative estimate of drug-likeness (QED) is 0.656. The molecule has 0 atom stereocenters. The van der Waals surface area contributed by atoms with Crippen LogP contribution in [0.2, 0.25) is 0 Å². The Bertz CT molecular complexity index is 698. The van der Waals surface area contributed by atoms with E-state index < -0.39 is 0 Å². The fourth-order valence-corrected chi connectivity index (χ4v) is 2.07. The second kappa shape index (κ2) is 7.32. The topological polar surface area (TPSA) is 56.1 Å². The molecular weight excluding hydrogens is 278 g/mol. The van der Waals surface area contributed by atoms with Crippen molar-refractivity contribution in [3.8, 4) is 18.1 Å². The third-order valence-electron chi connectivity index (χ3n) is 3.10. The zero-order valence-electron chi connectivity index (χ0n) is 12.8. The summed E-state index contributed by atoms with van der Waals surface area (Å²) in [5.41, 5.74) is 2.32. The normalized spacial score (nSPS) is 10.0. The number of nitrogens with one attached hydrogen (secondary N) is 1. The molecule has 0 aliphatic carbocycles. The van der Waals surface area contributed by atoms with E-state index in [1.54, 1.807) is 17.8 Å². The predicted molar refractivity (Wildman–Crippen MR) is 84.5 cm³/mol. The molecule has 1 heterocycles. The number of benzene rings is 1. The van der Waals surface area contributed by atoms with Crippen LogP contribution in [0.1, 0.15) is 28.2 Å². The average molecular weight is 297 g/mol. The van der Waals surface area contributed by atoms with Crippen molar-refractivity contribution in [2.75, 3.05) is 6.61 Å². The van der Waals surface area contributed by atoms with Crippen molar-refractivity contribution in [2.24, 2.45) is 7.05 Å². The van der Waals surface area contributed by atoms with Crippen LogP contribution in [-0.2, 0) is 13.6 Å². The highest BCUT2D eigenvalue weighted by atomic mass is 16.5. The monoisotopic (exact) mass is 297 g/mol. The molecule has 0 fully saturated rings. The van der Waals surface area contributed by atoms with E-state index in [4.69, 9.17) is 11.2 Å². The van der Waals surface area contributed by atoms with Crippen LogP contribution in [0.25, 0.3) is 0 Å². The van der Waals surface area contributed by atoms with Gasteiger partial charge in [-0.15, -0.1) is 12.3 Å². The maximum Gasteiger partial charge on any atom is 0.269 e. The SMILES string of the molecule is C#CCCOc1cccc(CNC(=O)c2cc(C)nn2C)c1. The van der Waals surface area contributed by atoms with Crippen LogP contribution in [0.15, 0.2) is 30.3 Å². The maximum atomic E-state index is 12.1. The second-order valence-corrected chi connectivity index (χ2v) is 4.93. The maximum absolute atomic E-state index is 12.1. The predicted octanol–water partition coefficient (Wildman–Crippen LogP) is 2.06. The van der Waals surface area contributed by atoms with Crippen molar-refractivity contribution in [3.05, 3.63) is 47.3 Å². The summed E-state index contributed by atoms with van der Waals surface area (Å²) in [6.45, 7) is 2.77. The molecule has 114 valence electrons. The summed E-state index contributed by atoms with van der Waals surface area (Å²) in [6.07, 6.45) is 5.76. The number of nitrogens with zero attached hydrogens (tertiary/aromatic N) is 2. The lowest BCUT2D eigenvalue weighted by Gasteiger charge is -2.08. The lowest BCUT2D eigenvalue weighted by molar-refractivity contribution is 0.0941. The lowest BCUT2D eigenvalue weighted by Crippen LogP contribution is -2.25. The average Bonchev–Trinajstić information content (AvgIpc) is 2.84. The highest BCUT2D eigenvalue weighted by molar-refractivity contribution is 5.92. The van der Waals surface area contributed by atoms with E-state index in [0.717, 1.165) is 17.0 Å². The summed E-state index contributed by atoms with van der Waals surface area (Å²) < 4.78 is 7.11. The molecule has 1 aromatic heterocycles. The van der Waals surface area contributed by atoms with Crippen LogP contribution in [0, 0.1) is 19.3 Å². The fraction of sp³-hybridized carbons (Fsp3) is 0.294. The zero-order chi connectivity index (χ0) is 15.9. The first kappa shape index (κ1) is 15.6. The van der Waals surface area contributed by atoms with E-state index in [1.807, 2.05) is 31.2 Å². The van der Waals surface area contributed by atoms with Gasteiger partial charge in [-0.05, 0) is 30.7 Å². The first-order valence-electron chi connectivity index (χ1n) is 7.04. The minimum absolute atomic E-state index is 0.151. The molecule has 1 aromatic carbocycles. The van der Waals surface area contributed by atoms with Crippen molar-refractivity contribution in [3.63, 3.8) is 0 Å². The number of carbonyl (C=O) groups excluding carboxylic acids is 1. The van der Waals surface area contributed by atoms with Crippen molar-refractivity contribution in [1.29, 1.82) is 0 Å². The van der Waals surface area contributed by atoms with Crippen molar-refractivity contribution < 1.29 is 9.53 Å². The van der Waals surface area contributed by atoms with Gasteiger partial charge in [0.1, 0.15) is 11.4 Å². The van der Waals surface area contributed by atoms with Crippen molar-refractivity contribution in [2.45, 2.75) is 19.9 Å². The smallest absolute Gasteiger partial charge is 0.269 e. The number of amides is 1. The first-order valence-corrected chi connectivity index (χ1v) is 7.04. The molecule has 0 aliphatic rings. The molecule has 2 rings (SSSR count). The molecule has 22 heavy (non-hydrogen) atoms. The molecule has 0 saturated carbocycles. The van der Waals surface area contributed by atoms with Gasteiger partial charge in [-0.25, -0.2) is 0 Å². The lowest BCUT2D eigenvalue weighted by atomic mass is 10.2. The Balaban J connectivity index is 1.94. The highest BCUT2D eigenvalue weighted by Crippen LogP contribution is 2.13. The molecule has 0 unspecified atom stereocenters. The Hall–Kier alpha value is -2.74. The molecule has 0 saturated heterocycles. The number of hydrogen-bond donors (Lipinski definition) is 1. The number of rotatable bonds is 6. The van der Waals surface area contributed by atoms with Crippen LogP contribution in [0.3, 0.4) is 0 Å². The van der Waals surface area contributed by atoms with E-state index in [1.165, 1.54) is 0 Å². The van der Waals surface area contributed by atoms with E-state index >= 15 is 0 Å². The highest BCUT2D eigenvalue weighted by Gasteiger charge is 2.11. The van der Waals surface area contributed by atoms with Gasteiger partial charge in [0.05, 0.1) is 12.3 Å². The van der Waals surface area contributed by atoms with E-state index in [0.29, 0.717) is 25.3 Å². The second-order valence-electron chi connectivity index (χ2n) is 4.93. The minimum atomic E-state index is -0.151. The fourth-order valence-electron chi connectivity index (χ4n) is 2.07. The van der Waals surface area contributed by atoms with E-state index in [9.17, 15) is 4.79 Å². The van der Waals surface area contributed by atoms with Crippen molar-refractivity contribution >= 4 is 5.91 Å². The van der Waals surface area contributed by atoms with Gasteiger partial charge in [0, 0.05) is 20.0 Å². The molecule has 5 nitrogen and oxygen atoms in total. The Labute approximate surface area is 130 Å². The number of terminal acetylenes is 1. The summed E-state index contributed by atoms with van der Waals surface area (Å²) in [6, 6.07) is 9.34. The molecule has 1 N–H and O–H groups in total. The standard InChI is InChI=1S/C17H19N3O2/c1-4-5-9-22-15-8-6-7-14(11-15)12-18-17(21)16-10-13(2)19-20(16)3/h1,6-8,10-11H,5,9,12H2,2-3H3,(H,18,21). The van der Waals surface area contributed by atoms with Crippen LogP contribution < -0.4 is 10.1 Å². The molecule has 0 radical (unpaired) electrons. The summed E-state index contributed by atoms with van der Waals surface area (Å²) in [5, 5.41) is 7.04. The van der Waals surface area contributed by atoms with Crippen LogP contribution in [-0.4, -0.2) is 22.3 Å². The number of aryl methyl sites for hydroxylation is 2. The van der Waals surface area contributed by atoms with Gasteiger partial charge in [-0.3, -0.25) is 9.48 Å². The largest absolute Gasteiger partial charge is 0.493 e. The molecule has 2 aromatic rings. The Morgan fingerprint density at radius 3 is 2.95 bits per heavy atom. The van der Waals surface area contributed by atoms with Gasteiger partial charge < -0.3 is 10.1 Å². The Kier molecular flexibility index (Phi) is 5.21. The van der Waals surface area contributed by atoms with Crippen LogP contribution in [0.5, 0.6) is 5.75 Å². The Morgan fingerprint density at radius 1 is 1.45 bits per heavy atom. The molecular formula is C17H19N3O2. The summed E-state index contributed by atoms with van der Waals surface area (Å²) >= 11 is 0. The van der Waals surface area contributed by atoms with Crippen LogP contribution in [0.4, 0.5) is 0 Å². The molecule has 1 amide bonds. The van der Waals surface area contributed by atoms with Crippen molar-refractivity contribution in [1.82, 2.24) is 15.1 Å². The number of hydrogen-bond acceptors (Lipinski definition) is 3. The number of ether oxygens (including phenoxy) is 1. The number of carbonyl (C=O) groups is 1. The molecule has 0 spiro atoms. The summed E-state index contributed by atoms with van der Waals surface area (Å²) in [4.78, 5) is 12.1. The van der Waals surface area contributed by atoms with Crippen LogP contribution >= 0.6 is 0 Å². The van der Waals surface area contributed by atoms with Gasteiger partial charge >= 0.3 is 0 Å². The van der Waals surface area contributed by atoms with E-state index in [2.05, 4.69) is 16.3 Å². The first-order chi connectivity index (χ1) is 10.6. The summed E-state index contributed by atoms with van der Waals surface area (Å²) in [7, 11) is 1.75. The minimum Gasteiger partial charge on any atom is -0.493 e. The van der Waals surface area contributed by atoms with Gasteiger partial charge in [0.15, 0.2) is 0 Å². The van der Waals surface area contributed by atoms with E-state index in [-0.39, 0.29) is 5.91 Å². The summed E-state index contributed by atoms with van der Waals surface area (Å²) in [5.74, 6) is 3.13. The zero-order valence-corrected chi connectivity index (χ0v) is 12.8.